The molecular weight excluding hydrogens is 435 g/mol. The van der Waals surface area contributed by atoms with Gasteiger partial charge in [0.15, 0.2) is 0 Å². The lowest BCUT2D eigenvalue weighted by atomic mass is 10.0. The molecule has 0 spiro atoms. The summed E-state index contributed by atoms with van der Waals surface area (Å²) in [7, 11) is 0. The fourth-order valence-corrected chi connectivity index (χ4v) is 3.41. The predicted octanol–water partition coefficient (Wildman–Crippen LogP) is 5.07. The number of ether oxygens (including phenoxy) is 1. The van der Waals surface area contributed by atoms with Crippen LogP contribution < -0.4 is 15.0 Å². The normalized spacial score (nSPS) is 19.4. The summed E-state index contributed by atoms with van der Waals surface area (Å²) in [5.74, 6) is 0.927. The van der Waals surface area contributed by atoms with Gasteiger partial charge in [-0.25, -0.2) is 9.78 Å². The summed E-state index contributed by atoms with van der Waals surface area (Å²) in [6.07, 6.45) is 3.78. The molecule has 168 valence electrons. The number of rotatable bonds is 4. The number of aromatic nitrogens is 3. The van der Waals surface area contributed by atoms with Gasteiger partial charge in [0.1, 0.15) is 18.5 Å². The molecule has 0 saturated carbocycles. The molecule has 1 aromatic carbocycles. The summed E-state index contributed by atoms with van der Waals surface area (Å²) < 4.78 is 43.4. The van der Waals surface area contributed by atoms with Crippen molar-refractivity contribution in [1.29, 1.82) is 0 Å². The van der Waals surface area contributed by atoms with E-state index in [1.165, 1.54) is 12.3 Å². The topological polar surface area (TPSA) is 91.0 Å². The van der Waals surface area contributed by atoms with Crippen LogP contribution in [0.25, 0.3) is 6.08 Å². The molecular formula is C23H19F3N5O2+. The number of benzene rings is 1. The number of alkyl halides is 3. The van der Waals surface area contributed by atoms with E-state index in [0.29, 0.717) is 24.5 Å². The lowest BCUT2D eigenvalue weighted by Gasteiger charge is -2.30. The second-order valence-electron chi connectivity index (χ2n) is 7.35. The number of primary amides is 1. The van der Waals surface area contributed by atoms with E-state index in [1.54, 1.807) is 36.5 Å². The molecule has 1 aliphatic heterocycles. The number of hydrogen-bond donors (Lipinski definition) is 1. The van der Waals surface area contributed by atoms with E-state index in [2.05, 4.69) is 15.2 Å². The maximum atomic E-state index is 12.7. The van der Waals surface area contributed by atoms with Crippen LogP contribution in [0.5, 0.6) is 11.6 Å². The molecule has 3 aromatic rings. The monoisotopic (exact) mass is 454 g/mol. The van der Waals surface area contributed by atoms with Crippen LogP contribution in [-0.2, 0) is 6.18 Å². The Hall–Kier alpha value is -4.05. The third-order valence-electron chi connectivity index (χ3n) is 5.15. The van der Waals surface area contributed by atoms with E-state index in [4.69, 9.17) is 10.5 Å². The standard InChI is InChI=1S/C23H18F3N5O2/c24-23(25,26)18-6-7-21(28-15-18)33-19-4-1-3-17(14-19)13-16-8-11-31(12-9-16,22(27)32)20-5-2-10-29-30-20/h1-8,10-11,13-15H,9,12H2,(H-,27,32)/p+1. The molecule has 2 aromatic heterocycles. The van der Waals surface area contributed by atoms with Gasteiger partial charge in [-0.15, -0.1) is 0 Å². The van der Waals surface area contributed by atoms with Crippen molar-refractivity contribution in [1.82, 2.24) is 19.7 Å². The molecule has 0 saturated heterocycles. The summed E-state index contributed by atoms with van der Waals surface area (Å²) in [6.45, 7) is 0.391. The highest BCUT2D eigenvalue weighted by atomic mass is 19.4. The summed E-state index contributed by atoms with van der Waals surface area (Å²) in [5.41, 5.74) is 6.60. The van der Waals surface area contributed by atoms with Crippen molar-refractivity contribution in [2.45, 2.75) is 12.6 Å². The Kier molecular flexibility index (Phi) is 5.93. The Balaban J connectivity index is 1.52. The molecule has 0 radical (unpaired) electrons. The van der Waals surface area contributed by atoms with Gasteiger partial charge < -0.3 is 10.5 Å². The van der Waals surface area contributed by atoms with Crippen LogP contribution in [0, 0.1) is 0 Å². The number of urea groups is 1. The van der Waals surface area contributed by atoms with Crippen molar-refractivity contribution in [2.24, 2.45) is 5.73 Å². The van der Waals surface area contributed by atoms with E-state index in [9.17, 15) is 18.0 Å². The molecule has 0 fully saturated rings. The van der Waals surface area contributed by atoms with Crippen molar-refractivity contribution in [2.75, 3.05) is 6.54 Å². The Morgan fingerprint density at radius 1 is 1.15 bits per heavy atom. The highest BCUT2D eigenvalue weighted by molar-refractivity contribution is 5.86. The molecule has 1 atom stereocenters. The van der Waals surface area contributed by atoms with Gasteiger partial charge in [-0.3, -0.25) is 0 Å². The highest BCUT2D eigenvalue weighted by Gasteiger charge is 2.39. The van der Waals surface area contributed by atoms with Gasteiger partial charge in [-0.05, 0) is 41.5 Å². The number of quaternary nitrogens is 1. The van der Waals surface area contributed by atoms with Crippen molar-refractivity contribution in [3.8, 4) is 11.6 Å². The van der Waals surface area contributed by atoms with Gasteiger partial charge in [0.05, 0.1) is 11.8 Å². The van der Waals surface area contributed by atoms with Crippen LogP contribution in [0.3, 0.4) is 0 Å². The van der Waals surface area contributed by atoms with Gasteiger partial charge >= 0.3 is 12.2 Å². The number of carbonyl (C=O) groups is 1. The molecule has 4 rings (SSSR count). The Morgan fingerprint density at radius 2 is 2.00 bits per heavy atom. The number of nitrogens with zero attached hydrogens (tertiary/aromatic N) is 4. The van der Waals surface area contributed by atoms with Gasteiger partial charge in [0.25, 0.3) is 5.82 Å². The summed E-state index contributed by atoms with van der Waals surface area (Å²) in [4.78, 5) is 15.9. The third-order valence-corrected chi connectivity index (χ3v) is 5.15. The van der Waals surface area contributed by atoms with E-state index in [1.807, 2.05) is 18.2 Å². The van der Waals surface area contributed by atoms with Crippen LogP contribution in [-0.4, -0.2) is 27.8 Å². The van der Waals surface area contributed by atoms with E-state index < -0.39 is 17.8 Å². The third kappa shape index (κ3) is 4.90. The van der Waals surface area contributed by atoms with Gasteiger partial charge in [0.2, 0.25) is 5.88 Å². The second-order valence-corrected chi connectivity index (χ2v) is 7.35. The van der Waals surface area contributed by atoms with Gasteiger partial charge in [-0.1, -0.05) is 23.3 Å². The molecule has 10 heteroatoms. The minimum atomic E-state index is -4.46. The molecule has 1 unspecified atom stereocenters. The molecule has 7 nitrogen and oxygen atoms in total. The number of halogens is 3. The van der Waals surface area contributed by atoms with Gasteiger partial charge in [0, 0.05) is 24.8 Å². The summed E-state index contributed by atoms with van der Waals surface area (Å²) in [5, 5.41) is 7.88. The minimum absolute atomic E-state index is 0.0536. The lowest BCUT2D eigenvalue weighted by molar-refractivity contribution is -0.137. The summed E-state index contributed by atoms with van der Waals surface area (Å²) >= 11 is 0. The number of pyridine rings is 1. The summed E-state index contributed by atoms with van der Waals surface area (Å²) in [6, 6.07) is 12.0. The molecule has 3 heterocycles. The molecule has 33 heavy (non-hydrogen) atoms. The van der Waals surface area contributed by atoms with Gasteiger partial charge in [-0.2, -0.15) is 22.8 Å². The first-order chi connectivity index (χ1) is 15.8. The molecule has 0 aliphatic carbocycles. The number of allylic oxidation sites excluding steroid dienone is 1. The molecule has 1 aliphatic rings. The van der Waals surface area contributed by atoms with Crippen LogP contribution in [0.15, 0.2) is 78.8 Å². The lowest BCUT2D eigenvalue weighted by Crippen LogP contribution is -2.55. The maximum absolute atomic E-state index is 12.7. The van der Waals surface area contributed by atoms with Crippen molar-refractivity contribution >= 4 is 17.9 Å². The van der Waals surface area contributed by atoms with Crippen LogP contribution in [0.2, 0.25) is 0 Å². The van der Waals surface area contributed by atoms with Crippen molar-refractivity contribution in [3.05, 3.63) is 89.9 Å². The quantitative estimate of drug-likeness (QED) is 0.556. The highest BCUT2D eigenvalue weighted by Crippen LogP contribution is 2.31. The average molecular weight is 454 g/mol. The molecule has 2 N–H and O–H groups in total. The van der Waals surface area contributed by atoms with E-state index in [-0.39, 0.29) is 10.4 Å². The smallest absolute Gasteiger partial charge is 0.425 e. The number of hydrogen-bond acceptors (Lipinski definition) is 5. The minimum Gasteiger partial charge on any atom is -0.439 e. The second kappa shape index (κ2) is 8.83. The largest absolute Gasteiger partial charge is 0.439 e. The Bertz CT molecular complexity index is 1210. The first-order valence-electron chi connectivity index (χ1n) is 9.93. The van der Waals surface area contributed by atoms with Crippen molar-refractivity contribution < 1.29 is 22.7 Å². The SMILES string of the molecule is NC(=O)[N+]1(c2cccnn2)C=CC(=Cc2cccc(Oc3ccc(C(F)(F)F)cn3)c2)CC1. The zero-order valence-electron chi connectivity index (χ0n) is 17.2. The predicted molar refractivity (Wildman–Crippen MR) is 116 cm³/mol. The maximum Gasteiger partial charge on any atom is 0.425 e. The zero-order chi connectivity index (χ0) is 23.5. The zero-order valence-corrected chi connectivity index (χ0v) is 17.2. The fraction of sp³-hybridized carbons (Fsp3) is 0.130. The number of nitrogens with two attached hydrogens (primary N) is 1. The van der Waals surface area contributed by atoms with E-state index in [0.717, 1.165) is 23.4 Å². The van der Waals surface area contributed by atoms with Crippen LogP contribution in [0.1, 0.15) is 17.5 Å². The first kappa shape index (κ1) is 22.2. The number of carbonyl (C=O) groups excluding carboxylic acids is 1. The fourth-order valence-electron chi connectivity index (χ4n) is 3.41. The average Bonchev–Trinajstić information content (AvgIpc) is 2.80. The Morgan fingerprint density at radius 3 is 2.61 bits per heavy atom. The molecule has 2 amide bonds. The Labute approximate surface area is 187 Å². The first-order valence-corrected chi connectivity index (χ1v) is 9.93. The number of amides is 2. The van der Waals surface area contributed by atoms with Crippen LogP contribution in [0.4, 0.5) is 23.8 Å². The molecule has 0 bridgehead atoms. The van der Waals surface area contributed by atoms with E-state index >= 15 is 0 Å². The van der Waals surface area contributed by atoms with Crippen LogP contribution >= 0.6 is 0 Å². The van der Waals surface area contributed by atoms with Crippen molar-refractivity contribution in [3.63, 3.8) is 0 Å².